The number of hydrogen-bond donors (Lipinski definition) is 3. The first kappa shape index (κ1) is 12.7. The van der Waals surface area contributed by atoms with Crippen LogP contribution in [0.5, 0.6) is 0 Å². The van der Waals surface area contributed by atoms with Gasteiger partial charge in [0.1, 0.15) is 0 Å². The molecule has 0 aliphatic carbocycles. The molecule has 0 amide bonds. The number of nitrogens with two attached hydrogens (primary N) is 1. The van der Waals surface area contributed by atoms with Gasteiger partial charge in [0.15, 0.2) is 0 Å². The number of nitrogens with zero attached hydrogens (tertiary/aromatic N) is 4. The quantitative estimate of drug-likeness (QED) is 0.770. The van der Waals surface area contributed by atoms with Crippen molar-refractivity contribution in [2.24, 2.45) is 0 Å². The van der Waals surface area contributed by atoms with Crippen LogP contribution in [0.1, 0.15) is 0 Å². The number of benzene rings is 1. The van der Waals surface area contributed by atoms with Gasteiger partial charge in [-0.3, -0.25) is 0 Å². The van der Waals surface area contributed by atoms with E-state index in [9.17, 15) is 0 Å². The third-order valence-electron chi connectivity index (χ3n) is 3.47. The summed E-state index contributed by atoms with van der Waals surface area (Å²) in [5.74, 6) is 0.792. The van der Waals surface area contributed by atoms with Crippen LogP contribution >= 0.6 is 0 Å². The Bertz CT molecular complexity index is 572. The Kier molecular flexibility index (Phi) is 3.42. The van der Waals surface area contributed by atoms with E-state index in [-0.39, 0.29) is 0 Å². The molecule has 3 rings (SSSR count). The summed E-state index contributed by atoms with van der Waals surface area (Å²) < 4.78 is 0. The number of aromatic nitrogens is 3. The number of piperazine rings is 1. The largest absolute Gasteiger partial charge is 0.369 e. The van der Waals surface area contributed by atoms with E-state index in [4.69, 9.17) is 5.73 Å². The van der Waals surface area contributed by atoms with E-state index < -0.39 is 0 Å². The molecule has 0 saturated carbocycles. The smallest absolute Gasteiger partial charge is 0.248 e. The van der Waals surface area contributed by atoms with Gasteiger partial charge in [-0.15, -0.1) is 5.10 Å². The zero-order valence-corrected chi connectivity index (χ0v) is 11.5. The summed E-state index contributed by atoms with van der Waals surface area (Å²) >= 11 is 0. The number of likely N-dealkylation sites (N-methyl/N-ethyl adjacent to an activating group) is 1. The lowest BCUT2D eigenvalue weighted by molar-refractivity contribution is 0.313. The first-order valence-corrected chi connectivity index (χ1v) is 6.69. The van der Waals surface area contributed by atoms with Crippen molar-refractivity contribution in [1.29, 1.82) is 0 Å². The van der Waals surface area contributed by atoms with Gasteiger partial charge in [0.2, 0.25) is 11.9 Å². The Morgan fingerprint density at radius 2 is 2.05 bits per heavy atom. The zero-order valence-electron chi connectivity index (χ0n) is 11.5. The minimum atomic E-state index is 0.308. The summed E-state index contributed by atoms with van der Waals surface area (Å²) in [5, 5.41) is 9.72. The predicted octanol–water partition coefficient (Wildman–Crippen LogP) is 0.882. The molecule has 1 fully saturated rings. The molecule has 0 atom stereocenters. The lowest BCUT2D eigenvalue weighted by Crippen LogP contribution is -2.44. The van der Waals surface area contributed by atoms with Gasteiger partial charge in [0.05, 0.1) is 0 Å². The molecule has 1 aliphatic rings. The van der Waals surface area contributed by atoms with Crippen LogP contribution in [0, 0.1) is 0 Å². The molecule has 0 radical (unpaired) electrons. The highest BCUT2D eigenvalue weighted by Gasteiger charge is 2.14. The van der Waals surface area contributed by atoms with Gasteiger partial charge < -0.3 is 20.9 Å². The van der Waals surface area contributed by atoms with E-state index in [1.165, 1.54) is 5.69 Å². The van der Waals surface area contributed by atoms with Gasteiger partial charge in [-0.25, -0.2) is 5.10 Å². The highest BCUT2D eigenvalue weighted by molar-refractivity contribution is 5.62. The molecule has 0 unspecified atom stereocenters. The molecular formula is C13H19N7. The van der Waals surface area contributed by atoms with E-state index >= 15 is 0 Å². The predicted molar refractivity (Wildman–Crippen MR) is 80.2 cm³/mol. The average molecular weight is 273 g/mol. The molecule has 1 aromatic heterocycles. The van der Waals surface area contributed by atoms with Crippen LogP contribution < -0.4 is 16.0 Å². The molecule has 7 nitrogen and oxygen atoms in total. The van der Waals surface area contributed by atoms with Crippen LogP contribution in [-0.2, 0) is 0 Å². The number of rotatable bonds is 3. The molecule has 2 aromatic rings. The molecule has 0 spiro atoms. The number of nitrogens with one attached hydrogen (secondary N) is 2. The van der Waals surface area contributed by atoms with E-state index in [1.807, 2.05) is 12.1 Å². The van der Waals surface area contributed by atoms with Gasteiger partial charge in [-0.2, -0.15) is 4.98 Å². The van der Waals surface area contributed by atoms with Crippen LogP contribution in [0.15, 0.2) is 24.3 Å². The Morgan fingerprint density at radius 1 is 1.25 bits per heavy atom. The molecule has 106 valence electrons. The molecule has 1 aliphatic heterocycles. The molecule has 7 heteroatoms. The maximum Gasteiger partial charge on any atom is 0.248 e. The van der Waals surface area contributed by atoms with Gasteiger partial charge in [0, 0.05) is 37.6 Å². The van der Waals surface area contributed by atoms with E-state index in [2.05, 4.69) is 49.5 Å². The van der Waals surface area contributed by atoms with Crippen molar-refractivity contribution in [3.05, 3.63) is 24.3 Å². The lowest BCUT2D eigenvalue weighted by atomic mass is 10.2. The SMILES string of the molecule is CN1CCN(c2cccc(Nc3n[nH]c(N)n3)c2)CC1. The standard InChI is InChI=1S/C13H19N7/c1-19-5-7-20(8-6-19)11-4-2-3-10(9-11)15-13-16-12(14)17-18-13/h2-4,9H,5-8H2,1H3,(H4,14,15,16,17,18). The van der Waals surface area contributed by atoms with Crippen LogP contribution in [0.3, 0.4) is 0 Å². The van der Waals surface area contributed by atoms with Crippen LogP contribution in [0.25, 0.3) is 0 Å². The van der Waals surface area contributed by atoms with Crippen LogP contribution in [0.4, 0.5) is 23.3 Å². The van der Waals surface area contributed by atoms with E-state index in [0.717, 1.165) is 31.9 Å². The third kappa shape index (κ3) is 2.83. The van der Waals surface area contributed by atoms with Crippen molar-refractivity contribution in [2.75, 3.05) is 49.2 Å². The second-order valence-electron chi connectivity index (χ2n) is 5.01. The fourth-order valence-corrected chi connectivity index (χ4v) is 2.30. The van der Waals surface area contributed by atoms with Crippen molar-refractivity contribution >= 4 is 23.3 Å². The fourth-order valence-electron chi connectivity index (χ4n) is 2.30. The molecular weight excluding hydrogens is 254 g/mol. The van der Waals surface area contributed by atoms with Gasteiger partial charge in [-0.05, 0) is 25.2 Å². The molecule has 4 N–H and O–H groups in total. The highest BCUT2D eigenvalue weighted by Crippen LogP contribution is 2.22. The lowest BCUT2D eigenvalue weighted by Gasteiger charge is -2.34. The Morgan fingerprint density at radius 3 is 2.75 bits per heavy atom. The van der Waals surface area contributed by atoms with E-state index in [0.29, 0.717) is 11.9 Å². The normalized spacial score (nSPS) is 16.4. The van der Waals surface area contributed by atoms with Gasteiger partial charge >= 0.3 is 0 Å². The summed E-state index contributed by atoms with van der Waals surface area (Å²) in [6.07, 6.45) is 0. The second kappa shape index (κ2) is 5.38. The minimum absolute atomic E-state index is 0.308. The first-order valence-electron chi connectivity index (χ1n) is 6.69. The summed E-state index contributed by atoms with van der Waals surface area (Å²) in [4.78, 5) is 8.77. The molecule has 20 heavy (non-hydrogen) atoms. The average Bonchev–Trinajstić information content (AvgIpc) is 2.85. The first-order chi connectivity index (χ1) is 9.70. The number of hydrogen-bond acceptors (Lipinski definition) is 6. The van der Waals surface area contributed by atoms with E-state index in [1.54, 1.807) is 0 Å². The number of nitrogen functional groups attached to an aromatic ring is 1. The Hall–Kier alpha value is -2.28. The van der Waals surface area contributed by atoms with Crippen molar-refractivity contribution in [1.82, 2.24) is 20.1 Å². The summed E-state index contributed by atoms with van der Waals surface area (Å²) in [6.45, 7) is 4.28. The number of H-pyrrole nitrogens is 1. The summed E-state index contributed by atoms with van der Waals surface area (Å²) in [6, 6.07) is 8.26. The molecule has 2 heterocycles. The molecule has 1 aromatic carbocycles. The minimum Gasteiger partial charge on any atom is -0.369 e. The maximum absolute atomic E-state index is 5.51. The Labute approximate surface area is 117 Å². The third-order valence-corrected chi connectivity index (χ3v) is 3.47. The van der Waals surface area contributed by atoms with Gasteiger partial charge in [0.25, 0.3) is 0 Å². The number of anilines is 4. The van der Waals surface area contributed by atoms with Crippen molar-refractivity contribution < 1.29 is 0 Å². The molecule has 0 bridgehead atoms. The number of aromatic amines is 1. The monoisotopic (exact) mass is 273 g/mol. The van der Waals surface area contributed by atoms with Crippen molar-refractivity contribution in [2.45, 2.75) is 0 Å². The summed E-state index contributed by atoms with van der Waals surface area (Å²) in [5.41, 5.74) is 7.68. The maximum atomic E-state index is 5.51. The Balaban J connectivity index is 1.72. The van der Waals surface area contributed by atoms with Crippen molar-refractivity contribution in [3.8, 4) is 0 Å². The fraction of sp³-hybridized carbons (Fsp3) is 0.385. The topological polar surface area (TPSA) is 86.1 Å². The summed E-state index contributed by atoms with van der Waals surface area (Å²) in [7, 11) is 2.16. The highest BCUT2D eigenvalue weighted by atomic mass is 15.3. The van der Waals surface area contributed by atoms with Gasteiger partial charge in [-0.1, -0.05) is 6.07 Å². The second-order valence-corrected chi connectivity index (χ2v) is 5.01. The van der Waals surface area contributed by atoms with Crippen molar-refractivity contribution in [3.63, 3.8) is 0 Å². The molecule has 1 saturated heterocycles. The zero-order chi connectivity index (χ0) is 13.9. The van der Waals surface area contributed by atoms with Crippen LogP contribution in [0.2, 0.25) is 0 Å². The van der Waals surface area contributed by atoms with Crippen LogP contribution in [-0.4, -0.2) is 53.3 Å².